The minimum Gasteiger partial charge on any atom is -0.445 e. The van der Waals surface area contributed by atoms with Crippen LogP contribution in [0.2, 0.25) is 0 Å². The summed E-state index contributed by atoms with van der Waals surface area (Å²) in [5.74, 6) is 0. The number of rotatable bonds is 5. The van der Waals surface area contributed by atoms with Gasteiger partial charge in [0.2, 0.25) is 10.0 Å². The number of nitrogens with one attached hydrogen (secondary N) is 1. The summed E-state index contributed by atoms with van der Waals surface area (Å²) in [5.41, 5.74) is 0.842. The van der Waals surface area contributed by atoms with Gasteiger partial charge >= 0.3 is 6.09 Å². The third-order valence-corrected chi connectivity index (χ3v) is 6.69. The first-order valence-electron chi connectivity index (χ1n) is 8.07. The number of nitrogens with zero attached hydrogens (tertiary/aromatic N) is 1. The van der Waals surface area contributed by atoms with Crippen LogP contribution < -0.4 is 5.32 Å². The van der Waals surface area contributed by atoms with Crippen molar-refractivity contribution >= 4 is 16.1 Å². The maximum Gasteiger partial charge on any atom is 0.407 e. The molecule has 2 fully saturated rings. The van der Waals surface area contributed by atoms with Gasteiger partial charge in [0, 0.05) is 13.1 Å². The zero-order valence-corrected chi connectivity index (χ0v) is 14.0. The Labute approximate surface area is 141 Å². The number of carbonyl (C=O) groups excluding carboxylic acids is 1. The molecule has 24 heavy (non-hydrogen) atoms. The largest absolute Gasteiger partial charge is 0.445 e. The van der Waals surface area contributed by atoms with E-state index in [0.29, 0.717) is 12.8 Å². The zero-order chi connectivity index (χ0) is 17.2. The molecule has 0 radical (unpaired) electrons. The van der Waals surface area contributed by atoms with E-state index in [1.807, 2.05) is 30.3 Å². The highest BCUT2D eigenvalue weighted by molar-refractivity contribution is 7.90. The van der Waals surface area contributed by atoms with E-state index in [0.717, 1.165) is 5.56 Å². The molecule has 1 aromatic rings. The van der Waals surface area contributed by atoms with E-state index in [4.69, 9.17) is 4.74 Å². The quantitative estimate of drug-likeness (QED) is 0.873. The lowest BCUT2D eigenvalue weighted by Crippen LogP contribution is -2.54. The van der Waals surface area contributed by atoms with Crippen LogP contribution in [0.4, 0.5) is 9.18 Å². The summed E-state index contributed by atoms with van der Waals surface area (Å²) in [6.07, 6.45) is -0.568. The minimum absolute atomic E-state index is 0.110. The number of alkyl halides is 1. The molecule has 2 aliphatic rings. The molecule has 1 aliphatic carbocycles. The molecule has 1 heterocycles. The Morgan fingerprint density at radius 1 is 1.25 bits per heavy atom. The van der Waals surface area contributed by atoms with Gasteiger partial charge in [0.1, 0.15) is 12.8 Å². The Balaban J connectivity index is 1.47. The molecule has 1 N–H and O–H groups in total. The van der Waals surface area contributed by atoms with Gasteiger partial charge in [-0.15, -0.1) is 0 Å². The number of ether oxygens (including phenoxy) is 1. The smallest absolute Gasteiger partial charge is 0.407 e. The van der Waals surface area contributed by atoms with Gasteiger partial charge in [0.05, 0.1) is 11.3 Å². The van der Waals surface area contributed by atoms with Crippen molar-refractivity contribution in [3.05, 3.63) is 35.9 Å². The van der Waals surface area contributed by atoms with Gasteiger partial charge in [-0.3, -0.25) is 0 Å². The second kappa shape index (κ2) is 7.06. The Kier molecular flexibility index (Phi) is 5.05. The van der Waals surface area contributed by atoms with Crippen LogP contribution in [0.5, 0.6) is 0 Å². The molecule has 6 nitrogen and oxygen atoms in total. The number of amides is 1. The van der Waals surface area contributed by atoms with Crippen LogP contribution in [-0.2, 0) is 21.4 Å². The fraction of sp³-hybridized carbons (Fsp3) is 0.562. The van der Waals surface area contributed by atoms with E-state index in [9.17, 15) is 17.6 Å². The van der Waals surface area contributed by atoms with Crippen molar-refractivity contribution in [3.8, 4) is 0 Å². The summed E-state index contributed by atoms with van der Waals surface area (Å²) in [4.78, 5) is 11.8. The summed E-state index contributed by atoms with van der Waals surface area (Å²) < 4.78 is 44.8. The predicted molar refractivity (Wildman–Crippen MR) is 86.6 cm³/mol. The topological polar surface area (TPSA) is 75.7 Å². The van der Waals surface area contributed by atoms with Crippen molar-refractivity contribution in [1.82, 2.24) is 9.62 Å². The summed E-state index contributed by atoms with van der Waals surface area (Å²) in [5, 5.41) is 2.16. The van der Waals surface area contributed by atoms with Gasteiger partial charge in [0.25, 0.3) is 0 Å². The van der Waals surface area contributed by atoms with Crippen molar-refractivity contribution in [1.29, 1.82) is 0 Å². The maximum atomic E-state index is 14.3. The highest BCUT2D eigenvalue weighted by atomic mass is 32.2. The average Bonchev–Trinajstić information content (AvgIpc) is 3.41. The molecule has 1 saturated carbocycles. The summed E-state index contributed by atoms with van der Waals surface area (Å²) in [7, 11) is -3.37. The number of hydrogen-bond acceptors (Lipinski definition) is 4. The van der Waals surface area contributed by atoms with E-state index in [1.165, 1.54) is 4.31 Å². The third kappa shape index (κ3) is 4.05. The van der Waals surface area contributed by atoms with Gasteiger partial charge < -0.3 is 10.1 Å². The monoisotopic (exact) mass is 356 g/mol. The number of benzene rings is 1. The Morgan fingerprint density at radius 2 is 1.96 bits per heavy atom. The van der Waals surface area contributed by atoms with Crippen LogP contribution in [0, 0.1) is 0 Å². The number of piperidine rings is 1. The number of hydrogen-bond donors (Lipinski definition) is 1. The molecule has 2 atom stereocenters. The van der Waals surface area contributed by atoms with E-state index >= 15 is 0 Å². The lowest BCUT2D eigenvalue weighted by Gasteiger charge is -2.34. The Hall–Kier alpha value is -1.67. The molecule has 1 aromatic carbocycles. The number of alkyl carbamates (subject to hydrolysis) is 1. The molecular formula is C16H21FN2O4S. The Bertz CT molecular complexity index is 679. The predicted octanol–water partition coefficient (Wildman–Crippen LogP) is 1.82. The van der Waals surface area contributed by atoms with Gasteiger partial charge in [0.15, 0.2) is 0 Å². The third-order valence-electron chi connectivity index (χ3n) is 4.33. The second-order valence-corrected chi connectivity index (χ2v) is 8.43. The molecule has 0 bridgehead atoms. The SMILES string of the molecule is O=C(N[C@@H]1CCN(S(=O)(=O)C2CC2)C[C@H]1F)OCc1ccccc1. The highest BCUT2D eigenvalue weighted by Gasteiger charge is 2.43. The summed E-state index contributed by atoms with van der Waals surface area (Å²) in [6, 6.07) is 8.47. The molecule has 0 spiro atoms. The average molecular weight is 356 g/mol. The first-order chi connectivity index (χ1) is 11.5. The van der Waals surface area contributed by atoms with Crippen LogP contribution in [0.3, 0.4) is 0 Å². The van der Waals surface area contributed by atoms with Crippen LogP contribution in [-0.4, -0.2) is 49.4 Å². The fourth-order valence-electron chi connectivity index (χ4n) is 2.76. The van der Waals surface area contributed by atoms with Crippen LogP contribution in [0.15, 0.2) is 30.3 Å². The van der Waals surface area contributed by atoms with Crippen molar-refractivity contribution in [2.45, 2.75) is 43.3 Å². The maximum absolute atomic E-state index is 14.3. The lowest BCUT2D eigenvalue weighted by molar-refractivity contribution is 0.111. The van der Waals surface area contributed by atoms with Gasteiger partial charge in [-0.25, -0.2) is 17.6 Å². The van der Waals surface area contributed by atoms with E-state index < -0.39 is 28.3 Å². The van der Waals surface area contributed by atoms with Gasteiger partial charge in [-0.05, 0) is 24.8 Å². The Morgan fingerprint density at radius 3 is 2.58 bits per heavy atom. The molecule has 132 valence electrons. The highest BCUT2D eigenvalue weighted by Crippen LogP contribution is 2.32. The number of carbonyl (C=O) groups is 1. The minimum atomic E-state index is -3.37. The lowest BCUT2D eigenvalue weighted by atomic mass is 10.1. The fourth-order valence-corrected chi connectivity index (χ4v) is 4.63. The molecule has 0 unspecified atom stereocenters. The van der Waals surface area contributed by atoms with E-state index in [1.54, 1.807) is 0 Å². The number of sulfonamides is 1. The molecule has 1 amide bonds. The van der Waals surface area contributed by atoms with E-state index in [-0.39, 0.29) is 31.4 Å². The second-order valence-electron chi connectivity index (χ2n) is 6.22. The molecule has 1 aliphatic heterocycles. The summed E-state index contributed by atoms with van der Waals surface area (Å²) in [6.45, 7) is 0.129. The first kappa shape index (κ1) is 17.2. The van der Waals surface area contributed by atoms with Crippen LogP contribution in [0.1, 0.15) is 24.8 Å². The van der Waals surface area contributed by atoms with Crippen molar-refractivity contribution < 1.29 is 22.3 Å². The van der Waals surface area contributed by atoms with Crippen molar-refractivity contribution in [2.24, 2.45) is 0 Å². The van der Waals surface area contributed by atoms with Crippen molar-refractivity contribution in [3.63, 3.8) is 0 Å². The van der Waals surface area contributed by atoms with Gasteiger partial charge in [-0.1, -0.05) is 30.3 Å². The van der Waals surface area contributed by atoms with Crippen molar-refractivity contribution in [2.75, 3.05) is 13.1 Å². The molecule has 0 aromatic heterocycles. The molecular weight excluding hydrogens is 335 g/mol. The van der Waals surface area contributed by atoms with Gasteiger partial charge in [-0.2, -0.15) is 4.31 Å². The molecule has 1 saturated heterocycles. The standard InChI is InChI=1S/C16H21FN2O4S/c17-14-10-19(24(21,22)13-6-7-13)9-8-15(14)18-16(20)23-11-12-4-2-1-3-5-12/h1-5,13-15H,6-11H2,(H,18,20)/t14-,15-/m1/s1. The number of halogens is 1. The van der Waals surface area contributed by atoms with E-state index in [2.05, 4.69) is 5.32 Å². The first-order valence-corrected chi connectivity index (χ1v) is 9.57. The molecule has 8 heteroatoms. The molecule has 3 rings (SSSR count). The van der Waals surface area contributed by atoms with Crippen LogP contribution >= 0.6 is 0 Å². The summed E-state index contributed by atoms with van der Waals surface area (Å²) >= 11 is 0. The zero-order valence-electron chi connectivity index (χ0n) is 13.2. The normalized spacial score (nSPS) is 25.2. The van der Waals surface area contributed by atoms with Crippen LogP contribution in [0.25, 0.3) is 0 Å².